The fourth-order valence-corrected chi connectivity index (χ4v) is 3.32. The molecule has 7 nitrogen and oxygen atoms in total. The van der Waals surface area contributed by atoms with E-state index in [1.165, 1.54) is 24.1 Å². The van der Waals surface area contributed by atoms with Crippen molar-refractivity contribution in [1.29, 1.82) is 0 Å². The van der Waals surface area contributed by atoms with Crippen molar-refractivity contribution < 1.29 is 23.9 Å². The third-order valence-corrected chi connectivity index (χ3v) is 4.99. The maximum Gasteiger partial charge on any atom is 0.305 e. The van der Waals surface area contributed by atoms with Crippen LogP contribution in [0.2, 0.25) is 0 Å². The van der Waals surface area contributed by atoms with Crippen LogP contribution in [0, 0.1) is 0 Å². The molecule has 0 bridgehead atoms. The Labute approximate surface area is 175 Å². The smallest absolute Gasteiger partial charge is 0.305 e. The highest BCUT2D eigenvalue weighted by molar-refractivity contribution is 6.22. The summed E-state index contributed by atoms with van der Waals surface area (Å²) in [4.78, 5) is 50.0. The molecule has 3 rings (SSSR count). The molecular weight excluding hydrogens is 384 g/mol. The topological polar surface area (TPSA) is 92.8 Å². The number of ether oxygens (including phenoxy) is 1. The van der Waals surface area contributed by atoms with Crippen molar-refractivity contribution in [3.05, 3.63) is 70.8 Å². The molecule has 156 valence electrons. The van der Waals surface area contributed by atoms with Crippen LogP contribution in [0.1, 0.15) is 62.3 Å². The first kappa shape index (κ1) is 21.2. The zero-order valence-electron chi connectivity index (χ0n) is 16.8. The molecule has 1 heterocycles. The minimum absolute atomic E-state index is 0.195. The molecule has 2 aromatic carbocycles. The molecule has 0 saturated heterocycles. The SMILES string of the molecule is COC(=O)CCCCCNC(=O)c1ccc2c(c1)C(=O)N(Cc1ccccc1)C2=O. The van der Waals surface area contributed by atoms with Gasteiger partial charge < -0.3 is 10.1 Å². The minimum atomic E-state index is -0.392. The maximum atomic E-state index is 12.7. The van der Waals surface area contributed by atoms with E-state index in [2.05, 4.69) is 10.1 Å². The second-order valence-electron chi connectivity index (χ2n) is 7.09. The zero-order chi connectivity index (χ0) is 21.5. The van der Waals surface area contributed by atoms with Gasteiger partial charge in [-0.25, -0.2) is 0 Å². The van der Waals surface area contributed by atoms with Gasteiger partial charge >= 0.3 is 5.97 Å². The Morgan fingerprint density at radius 2 is 1.67 bits per heavy atom. The van der Waals surface area contributed by atoms with Crippen molar-refractivity contribution in [1.82, 2.24) is 10.2 Å². The van der Waals surface area contributed by atoms with Crippen molar-refractivity contribution in [2.45, 2.75) is 32.2 Å². The molecule has 1 aliphatic heterocycles. The Balaban J connectivity index is 1.56. The number of esters is 1. The lowest BCUT2D eigenvalue weighted by Gasteiger charge is -2.13. The fraction of sp³-hybridized carbons (Fsp3) is 0.304. The number of benzene rings is 2. The van der Waals surface area contributed by atoms with Gasteiger partial charge in [-0.05, 0) is 36.6 Å². The molecule has 0 aromatic heterocycles. The number of hydrogen-bond donors (Lipinski definition) is 1. The van der Waals surface area contributed by atoms with Crippen molar-refractivity contribution in [3.63, 3.8) is 0 Å². The Morgan fingerprint density at radius 1 is 0.933 bits per heavy atom. The summed E-state index contributed by atoms with van der Waals surface area (Å²) in [6.07, 6.45) is 2.59. The van der Waals surface area contributed by atoms with E-state index >= 15 is 0 Å². The van der Waals surface area contributed by atoms with E-state index in [-0.39, 0.29) is 29.9 Å². The Hall–Kier alpha value is -3.48. The van der Waals surface area contributed by atoms with Crippen LogP contribution in [0.5, 0.6) is 0 Å². The number of fused-ring (bicyclic) bond motifs is 1. The summed E-state index contributed by atoms with van der Waals surface area (Å²) in [6.45, 7) is 0.657. The average Bonchev–Trinajstić information content (AvgIpc) is 3.00. The van der Waals surface area contributed by atoms with Crippen molar-refractivity contribution in [2.75, 3.05) is 13.7 Å². The fourth-order valence-electron chi connectivity index (χ4n) is 3.32. The second kappa shape index (κ2) is 9.82. The molecular formula is C23H24N2O5. The molecule has 3 amide bonds. The van der Waals surface area contributed by atoms with Crippen LogP contribution in [0.25, 0.3) is 0 Å². The van der Waals surface area contributed by atoms with Gasteiger partial charge in [0.15, 0.2) is 0 Å². The summed E-state index contributed by atoms with van der Waals surface area (Å²) >= 11 is 0. The van der Waals surface area contributed by atoms with E-state index in [4.69, 9.17) is 0 Å². The molecule has 0 fully saturated rings. The van der Waals surface area contributed by atoms with Crippen LogP contribution in [0.15, 0.2) is 48.5 Å². The van der Waals surface area contributed by atoms with Gasteiger partial charge in [0.05, 0.1) is 24.8 Å². The van der Waals surface area contributed by atoms with E-state index < -0.39 is 5.91 Å². The van der Waals surface area contributed by atoms with Gasteiger partial charge in [-0.2, -0.15) is 0 Å². The first-order valence-corrected chi connectivity index (χ1v) is 9.90. The molecule has 0 saturated carbocycles. The summed E-state index contributed by atoms with van der Waals surface area (Å²) in [5.74, 6) is -1.28. The predicted octanol–water partition coefficient (Wildman–Crippen LogP) is 2.95. The monoisotopic (exact) mass is 408 g/mol. The molecule has 1 N–H and O–H groups in total. The number of rotatable bonds is 9. The average molecular weight is 408 g/mol. The van der Waals surface area contributed by atoms with Crippen LogP contribution in [0.4, 0.5) is 0 Å². The molecule has 0 spiro atoms. The van der Waals surface area contributed by atoms with E-state index in [1.54, 1.807) is 6.07 Å². The molecule has 7 heteroatoms. The van der Waals surface area contributed by atoms with Crippen molar-refractivity contribution in [3.8, 4) is 0 Å². The number of carbonyl (C=O) groups excluding carboxylic acids is 4. The lowest BCUT2D eigenvalue weighted by atomic mass is 10.1. The summed E-state index contributed by atoms with van der Waals surface area (Å²) < 4.78 is 4.58. The molecule has 2 aromatic rings. The van der Waals surface area contributed by atoms with Gasteiger partial charge in [-0.3, -0.25) is 24.1 Å². The summed E-state index contributed by atoms with van der Waals surface area (Å²) in [7, 11) is 1.36. The number of nitrogens with one attached hydrogen (secondary N) is 1. The minimum Gasteiger partial charge on any atom is -0.469 e. The zero-order valence-corrected chi connectivity index (χ0v) is 16.8. The van der Waals surface area contributed by atoms with Crippen molar-refractivity contribution in [2.24, 2.45) is 0 Å². The Kier molecular flexibility index (Phi) is 6.95. The van der Waals surface area contributed by atoms with Gasteiger partial charge in [0.2, 0.25) is 0 Å². The Morgan fingerprint density at radius 3 is 2.40 bits per heavy atom. The molecule has 0 atom stereocenters. The lowest BCUT2D eigenvalue weighted by Crippen LogP contribution is -2.29. The third kappa shape index (κ3) is 4.92. The highest BCUT2D eigenvalue weighted by Crippen LogP contribution is 2.25. The number of imide groups is 1. The molecule has 1 aliphatic rings. The number of unbranched alkanes of at least 4 members (excludes halogenated alkanes) is 2. The molecule has 0 radical (unpaired) electrons. The van der Waals surface area contributed by atoms with Crippen LogP contribution in [-0.4, -0.2) is 42.2 Å². The largest absolute Gasteiger partial charge is 0.469 e. The summed E-state index contributed by atoms with van der Waals surface area (Å²) in [6, 6.07) is 13.9. The van der Waals surface area contributed by atoms with Crippen LogP contribution in [0.3, 0.4) is 0 Å². The Bertz CT molecular complexity index is 955. The van der Waals surface area contributed by atoms with Crippen LogP contribution in [-0.2, 0) is 16.1 Å². The summed E-state index contributed by atoms with van der Waals surface area (Å²) in [5, 5.41) is 2.80. The van der Waals surface area contributed by atoms with Gasteiger partial charge in [0.25, 0.3) is 17.7 Å². The molecule has 30 heavy (non-hydrogen) atoms. The predicted molar refractivity (Wildman–Crippen MR) is 110 cm³/mol. The van der Waals surface area contributed by atoms with Crippen LogP contribution >= 0.6 is 0 Å². The second-order valence-corrected chi connectivity index (χ2v) is 7.09. The molecule has 0 aliphatic carbocycles. The van der Waals surface area contributed by atoms with E-state index in [0.29, 0.717) is 30.5 Å². The number of hydrogen-bond acceptors (Lipinski definition) is 5. The van der Waals surface area contributed by atoms with E-state index in [1.807, 2.05) is 30.3 Å². The van der Waals surface area contributed by atoms with Gasteiger partial charge in [0.1, 0.15) is 0 Å². The first-order valence-electron chi connectivity index (χ1n) is 9.90. The standard InChI is InChI=1S/C23H24N2O5/c1-30-20(26)10-6-3-7-13-24-21(27)17-11-12-18-19(14-17)23(29)25(22(18)28)15-16-8-4-2-5-9-16/h2,4-5,8-9,11-12,14H,3,6-7,10,13,15H2,1H3,(H,24,27). The van der Waals surface area contributed by atoms with E-state index in [0.717, 1.165) is 18.4 Å². The number of methoxy groups -OCH3 is 1. The normalized spacial score (nSPS) is 12.6. The van der Waals surface area contributed by atoms with E-state index in [9.17, 15) is 19.2 Å². The summed E-state index contributed by atoms with van der Waals surface area (Å²) in [5.41, 5.74) is 1.76. The number of carbonyl (C=O) groups is 4. The third-order valence-electron chi connectivity index (χ3n) is 4.99. The van der Waals surface area contributed by atoms with Crippen LogP contribution < -0.4 is 5.32 Å². The van der Waals surface area contributed by atoms with Crippen molar-refractivity contribution >= 4 is 23.7 Å². The van der Waals surface area contributed by atoms with Gasteiger partial charge in [0, 0.05) is 18.5 Å². The maximum absolute atomic E-state index is 12.7. The number of amides is 3. The molecule has 0 unspecified atom stereocenters. The number of nitrogens with zero attached hydrogens (tertiary/aromatic N) is 1. The lowest BCUT2D eigenvalue weighted by molar-refractivity contribution is -0.140. The highest BCUT2D eigenvalue weighted by atomic mass is 16.5. The highest BCUT2D eigenvalue weighted by Gasteiger charge is 2.35. The quantitative estimate of drug-likeness (QED) is 0.391. The van der Waals surface area contributed by atoms with Gasteiger partial charge in [-0.1, -0.05) is 36.8 Å². The first-order chi connectivity index (χ1) is 14.5. The van der Waals surface area contributed by atoms with Gasteiger partial charge in [-0.15, -0.1) is 0 Å².